The van der Waals surface area contributed by atoms with Crippen LogP contribution in [0, 0.1) is 0 Å². The van der Waals surface area contributed by atoms with E-state index in [4.69, 9.17) is 9.76 Å². The van der Waals surface area contributed by atoms with Gasteiger partial charge in [-0.1, -0.05) is 12.1 Å². The fourth-order valence-electron chi connectivity index (χ4n) is 3.43. The Labute approximate surface area is 161 Å². The lowest BCUT2D eigenvalue weighted by Crippen LogP contribution is -2.56. The summed E-state index contributed by atoms with van der Waals surface area (Å²) in [4.78, 5) is 38.5. The Bertz CT molecular complexity index is 767. The van der Waals surface area contributed by atoms with Crippen molar-refractivity contribution in [3.63, 3.8) is 0 Å². The molecule has 1 aromatic rings. The number of piperazine rings is 1. The number of benzene rings is 1. The van der Waals surface area contributed by atoms with Crippen molar-refractivity contribution < 1.29 is 34.3 Å². The van der Waals surface area contributed by atoms with Gasteiger partial charge in [-0.3, -0.25) is 14.5 Å². The number of aliphatic hydroxyl groups is 1. The van der Waals surface area contributed by atoms with Crippen molar-refractivity contribution >= 4 is 24.9 Å². The molecule has 0 aliphatic carbocycles. The van der Waals surface area contributed by atoms with Crippen molar-refractivity contribution in [1.29, 1.82) is 0 Å². The van der Waals surface area contributed by atoms with E-state index in [9.17, 15) is 24.5 Å². The van der Waals surface area contributed by atoms with Crippen molar-refractivity contribution in [3.8, 4) is 5.75 Å². The Morgan fingerprint density at radius 1 is 1.21 bits per heavy atom. The van der Waals surface area contributed by atoms with E-state index in [0.717, 1.165) is 0 Å². The van der Waals surface area contributed by atoms with Gasteiger partial charge in [0.1, 0.15) is 12.4 Å². The molecular formula is C17H22BN3O7. The average Bonchev–Trinajstić information content (AvgIpc) is 2.68. The summed E-state index contributed by atoms with van der Waals surface area (Å²) < 4.78 is 5.36. The molecule has 150 valence electrons. The molecule has 10 nitrogen and oxygen atoms in total. The van der Waals surface area contributed by atoms with E-state index >= 15 is 0 Å². The first-order chi connectivity index (χ1) is 13.4. The lowest BCUT2D eigenvalue weighted by atomic mass is 9.72. The van der Waals surface area contributed by atoms with Gasteiger partial charge in [0.15, 0.2) is 0 Å². The van der Waals surface area contributed by atoms with E-state index in [1.54, 1.807) is 17.0 Å². The van der Waals surface area contributed by atoms with Gasteiger partial charge in [-0.05, 0) is 18.1 Å². The smallest absolute Gasteiger partial charge is 0.534 e. The second-order valence-electron chi connectivity index (χ2n) is 6.80. The summed E-state index contributed by atoms with van der Waals surface area (Å²) in [5, 5.41) is 31.0. The van der Waals surface area contributed by atoms with Crippen LogP contribution in [0.4, 0.5) is 0 Å². The Morgan fingerprint density at radius 3 is 2.57 bits per heavy atom. The van der Waals surface area contributed by atoms with Gasteiger partial charge in [0.2, 0.25) is 11.8 Å². The number of carboxylic acid groups (broad SMARTS) is 1. The minimum absolute atomic E-state index is 0.0309. The van der Waals surface area contributed by atoms with E-state index in [0.29, 0.717) is 31.7 Å². The van der Waals surface area contributed by atoms with Crippen LogP contribution >= 0.6 is 0 Å². The molecule has 11 heteroatoms. The van der Waals surface area contributed by atoms with Gasteiger partial charge >= 0.3 is 13.1 Å². The van der Waals surface area contributed by atoms with Crippen molar-refractivity contribution in [2.24, 2.45) is 0 Å². The van der Waals surface area contributed by atoms with Crippen molar-refractivity contribution in [3.05, 3.63) is 29.3 Å². The maximum Gasteiger partial charge on any atom is 0.547 e. The number of para-hydroxylation sites is 1. The number of rotatable bonds is 5. The minimum Gasteiger partial charge on any atom is -0.534 e. The topological polar surface area (TPSA) is 140 Å². The molecule has 1 saturated heterocycles. The SMILES string of the molecule is O=C(CN1CCN(C(=O)CO)CC1)N[C@H]1Cc2cccc(C(=O)O)c2OB1O. The number of nitrogens with zero attached hydrogens (tertiary/aromatic N) is 2. The quantitative estimate of drug-likeness (QED) is 0.421. The number of carbonyl (C=O) groups excluding carboxylic acids is 2. The molecule has 0 radical (unpaired) electrons. The molecule has 2 aliphatic heterocycles. The van der Waals surface area contributed by atoms with Crippen LogP contribution in [0.3, 0.4) is 0 Å². The molecular weight excluding hydrogens is 369 g/mol. The number of carboxylic acids is 1. The third-order valence-corrected chi connectivity index (χ3v) is 4.92. The number of aromatic carboxylic acids is 1. The number of fused-ring (bicyclic) bond motifs is 1. The molecule has 0 saturated carbocycles. The van der Waals surface area contributed by atoms with Crippen molar-refractivity contribution in [1.82, 2.24) is 15.1 Å². The monoisotopic (exact) mass is 391 g/mol. The van der Waals surface area contributed by atoms with Crippen LogP contribution in [0.1, 0.15) is 15.9 Å². The van der Waals surface area contributed by atoms with E-state index in [-0.39, 0.29) is 36.1 Å². The number of amides is 2. The molecule has 2 heterocycles. The molecule has 1 aromatic carbocycles. The van der Waals surface area contributed by atoms with Gasteiger partial charge in [-0.25, -0.2) is 4.79 Å². The van der Waals surface area contributed by atoms with Crippen LogP contribution in [0.2, 0.25) is 0 Å². The van der Waals surface area contributed by atoms with Crippen LogP contribution in [-0.4, -0.2) is 95.2 Å². The largest absolute Gasteiger partial charge is 0.547 e. The first kappa shape index (κ1) is 20.1. The Hall–Kier alpha value is -2.63. The van der Waals surface area contributed by atoms with Crippen LogP contribution in [0.25, 0.3) is 0 Å². The molecule has 28 heavy (non-hydrogen) atoms. The number of aliphatic hydroxyl groups excluding tert-OH is 1. The molecule has 0 aromatic heterocycles. The summed E-state index contributed by atoms with van der Waals surface area (Å²) in [6.07, 6.45) is 0.252. The lowest BCUT2D eigenvalue weighted by Gasteiger charge is -2.34. The molecule has 1 atom stereocenters. The second kappa shape index (κ2) is 8.59. The first-order valence-corrected chi connectivity index (χ1v) is 8.99. The van der Waals surface area contributed by atoms with Crippen molar-refractivity contribution in [2.45, 2.75) is 12.4 Å². The highest BCUT2D eigenvalue weighted by Crippen LogP contribution is 2.30. The summed E-state index contributed by atoms with van der Waals surface area (Å²) in [5.41, 5.74) is 0.572. The zero-order valence-corrected chi connectivity index (χ0v) is 15.2. The maximum absolute atomic E-state index is 12.3. The normalized spacial score (nSPS) is 19.6. The first-order valence-electron chi connectivity index (χ1n) is 8.99. The number of carbonyl (C=O) groups is 3. The van der Waals surface area contributed by atoms with Gasteiger partial charge in [0.05, 0.1) is 18.0 Å². The Morgan fingerprint density at radius 2 is 1.93 bits per heavy atom. The molecule has 2 amide bonds. The van der Waals surface area contributed by atoms with Gasteiger partial charge in [-0.2, -0.15) is 0 Å². The number of hydrogen-bond donors (Lipinski definition) is 4. The van der Waals surface area contributed by atoms with E-state index in [1.165, 1.54) is 6.07 Å². The van der Waals surface area contributed by atoms with E-state index in [2.05, 4.69) is 5.32 Å². The zero-order valence-electron chi connectivity index (χ0n) is 15.2. The zero-order chi connectivity index (χ0) is 20.3. The van der Waals surface area contributed by atoms with E-state index in [1.807, 2.05) is 4.90 Å². The van der Waals surface area contributed by atoms with Gasteiger partial charge in [0, 0.05) is 26.2 Å². The van der Waals surface area contributed by atoms with Crippen LogP contribution in [0.5, 0.6) is 5.75 Å². The standard InChI is InChI=1S/C17H22BN3O7/c22-10-15(24)21-6-4-20(5-7-21)9-14(23)19-13-8-11-2-1-3-12(17(25)26)16(11)28-18(13)27/h1-3,13,22,27H,4-10H2,(H,19,23)(H,25,26)/t13-/m0/s1. The fraction of sp³-hybridized carbons (Fsp3) is 0.471. The molecule has 0 bridgehead atoms. The van der Waals surface area contributed by atoms with Crippen molar-refractivity contribution in [2.75, 3.05) is 39.3 Å². The second-order valence-corrected chi connectivity index (χ2v) is 6.80. The Balaban J connectivity index is 1.55. The highest BCUT2D eigenvalue weighted by molar-refractivity contribution is 6.47. The van der Waals surface area contributed by atoms with Crippen LogP contribution in [0.15, 0.2) is 18.2 Å². The lowest BCUT2D eigenvalue weighted by molar-refractivity contribution is -0.136. The van der Waals surface area contributed by atoms with Crippen LogP contribution < -0.4 is 9.97 Å². The molecule has 4 N–H and O–H groups in total. The highest BCUT2D eigenvalue weighted by Gasteiger charge is 2.38. The third-order valence-electron chi connectivity index (χ3n) is 4.92. The molecule has 0 unspecified atom stereocenters. The minimum atomic E-state index is -1.35. The molecule has 1 fully saturated rings. The van der Waals surface area contributed by atoms with Gasteiger partial charge in [-0.15, -0.1) is 0 Å². The fourth-order valence-corrected chi connectivity index (χ4v) is 3.43. The highest BCUT2D eigenvalue weighted by atomic mass is 16.5. The Kier molecular flexibility index (Phi) is 6.17. The summed E-state index contributed by atoms with van der Waals surface area (Å²) in [7, 11) is -1.35. The molecule has 3 rings (SSSR count). The summed E-state index contributed by atoms with van der Waals surface area (Å²) >= 11 is 0. The predicted molar refractivity (Wildman–Crippen MR) is 97.7 cm³/mol. The average molecular weight is 391 g/mol. The van der Waals surface area contributed by atoms with Gasteiger partial charge < -0.3 is 30.1 Å². The van der Waals surface area contributed by atoms with Gasteiger partial charge in [0.25, 0.3) is 0 Å². The summed E-state index contributed by atoms with van der Waals surface area (Å²) in [5.74, 6) is -2.34. The molecule has 0 spiro atoms. The maximum atomic E-state index is 12.3. The summed E-state index contributed by atoms with van der Waals surface area (Å²) in [6, 6.07) is 4.69. The van der Waals surface area contributed by atoms with E-state index < -0.39 is 25.6 Å². The summed E-state index contributed by atoms with van der Waals surface area (Å²) in [6.45, 7) is 1.47. The third kappa shape index (κ3) is 4.43. The predicted octanol–water partition coefficient (Wildman–Crippen LogP) is -2.04. The molecule has 2 aliphatic rings. The number of hydrogen-bond acceptors (Lipinski definition) is 7. The number of nitrogens with one attached hydrogen (secondary N) is 1. The van der Waals surface area contributed by atoms with Crippen LogP contribution in [-0.2, 0) is 16.0 Å².